The summed E-state index contributed by atoms with van der Waals surface area (Å²) in [6.07, 6.45) is -1.42. The minimum absolute atomic E-state index is 0.262. The summed E-state index contributed by atoms with van der Waals surface area (Å²) < 4.78 is 41.9. The molecule has 0 bridgehead atoms. The largest absolute Gasteiger partial charge is 0.573 e. The molecule has 23 heavy (non-hydrogen) atoms. The molecule has 0 amide bonds. The molecule has 0 saturated heterocycles. The normalized spacial score (nSPS) is 11.0. The third kappa shape index (κ3) is 4.97. The first-order valence-electron chi connectivity index (χ1n) is 6.18. The molecule has 0 N–H and O–H groups in total. The molecule has 0 spiro atoms. The van der Waals surface area contributed by atoms with Crippen molar-refractivity contribution in [1.82, 2.24) is 9.29 Å². The summed E-state index contributed by atoms with van der Waals surface area (Å²) in [6, 6.07) is 7.13. The predicted octanol–water partition coefficient (Wildman–Crippen LogP) is 4.06. The van der Waals surface area contributed by atoms with Crippen LogP contribution in [0.4, 0.5) is 13.2 Å². The zero-order valence-electron chi connectivity index (χ0n) is 11.4. The van der Waals surface area contributed by atoms with Crippen LogP contribution in [-0.2, 0) is 6.54 Å². The molecule has 1 heterocycles. The molecule has 4 nitrogen and oxygen atoms in total. The first kappa shape index (κ1) is 17.3. The Kier molecular flexibility index (Phi) is 5.28. The quantitative estimate of drug-likeness (QED) is 0.492. The molecule has 2 rings (SSSR count). The number of hydrogen-bond acceptors (Lipinski definition) is 6. The molecule has 9 heteroatoms. The first-order valence-corrected chi connectivity index (χ1v) is 7.03. The molecule has 0 radical (unpaired) electrons. The van der Waals surface area contributed by atoms with E-state index in [0.29, 0.717) is 16.2 Å². The van der Waals surface area contributed by atoms with Gasteiger partial charge in [0.2, 0.25) is 0 Å². The summed E-state index contributed by atoms with van der Waals surface area (Å²) in [5, 5.41) is 8.65. The van der Waals surface area contributed by atoms with Crippen LogP contribution in [0.5, 0.6) is 5.75 Å². The maximum atomic E-state index is 12.3. The van der Waals surface area contributed by atoms with Gasteiger partial charge in [-0.3, -0.25) is 9.29 Å². The van der Waals surface area contributed by atoms with E-state index in [-0.39, 0.29) is 12.3 Å². The third-order valence-electron chi connectivity index (χ3n) is 2.75. The van der Waals surface area contributed by atoms with Crippen molar-refractivity contribution in [3.63, 3.8) is 0 Å². The maximum absolute atomic E-state index is 12.3. The second-order valence-electron chi connectivity index (χ2n) is 4.44. The number of nitrogens with zero attached hydrogens (tertiary/aromatic N) is 3. The van der Waals surface area contributed by atoms with Crippen LogP contribution in [0.1, 0.15) is 5.56 Å². The van der Waals surface area contributed by atoms with E-state index < -0.39 is 6.36 Å². The average Bonchev–Trinajstić information content (AvgIpc) is 2.48. The smallest absolute Gasteiger partial charge is 0.406 e. The standard InChI is InChI=1S/C14H10F3N3OS2/c15-14(16,17)21-10-2-4-13(22)11(5-10)12-3-1-9(6-19-12)7-20(23)8-18/h1-6,22-23H,7H2. The molecule has 0 aliphatic heterocycles. The van der Waals surface area contributed by atoms with Gasteiger partial charge in [0.05, 0.1) is 12.2 Å². The highest BCUT2D eigenvalue weighted by Crippen LogP contribution is 2.31. The number of alkyl halides is 3. The van der Waals surface area contributed by atoms with Crippen LogP contribution in [-0.4, -0.2) is 15.7 Å². The summed E-state index contributed by atoms with van der Waals surface area (Å²) in [5.41, 5.74) is 1.58. The molecular formula is C14H10F3N3OS2. The number of halogens is 3. The molecule has 2 aromatic rings. The molecular weight excluding hydrogens is 347 g/mol. The zero-order valence-corrected chi connectivity index (χ0v) is 13.2. The van der Waals surface area contributed by atoms with Crippen LogP contribution < -0.4 is 4.74 Å². The minimum atomic E-state index is -4.76. The van der Waals surface area contributed by atoms with Crippen LogP contribution in [0.2, 0.25) is 0 Å². The van der Waals surface area contributed by atoms with E-state index >= 15 is 0 Å². The molecule has 0 saturated carbocycles. The second kappa shape index (κ2) is 7.02. The highest BCUT2D eigenvalue weighted by Gasteiger charge is 2.31. The minimum Gasteiger partial charge on any atom is -0.406 e. The lowest BCUT2D eigenvalue weighted by molar-refractivity contribution is -0.274. The molecule has 120 valence electrons. The van der Waals surface area contributed by atoms with Gasteiger partial charge in [-0.25, -0.2) is 0 Å². The predicted molar refractivity (Wildman–Crippen MR) is 83.8 cm³/mol. The van der Waals surface area contributed by atoms with Gasteiger partial charge in [-0.2, -0.15) is 5.26 Å². The molecule has 1 aromatic carbocycles. The van der Waals surface area contributed by atoms with Gasteiger partial charge in [0, 0.05) is 16.7 Å². The third-order valence-corrected chi connectivity index (χ3v) is 3.37. The number of nitriles is 1. The number of hydrogen-bond donors (Lipinski definition) is 2. The Morgan fingerprint density at radius 1 is 1.26 bits per heavy atom. The summed E-state index contributed by atoms with van der Waals surface area (Å²) in [4.78, 5) is 4.64. The Hall–Kier alpha value is -2.05. The van der Waals surface area contributed by atoms with Crippen molar-refractivity contribution in [3.8, 4) is 23.2 Å². The highest BCUT2D eigenvalue weighted by atomic mass is 32.1. The van der Waals surface area contributed by atoms with Gasteiger partial charge in [0.15, 0.2) is 6.19 Å². The number of pyridine rings is 1. The van der Waals surface area contributed by atoms with E-state index in [4.69, 9.17) is 5.26 Å². The van der Waals surface area contributed by atoms with E-state index in [9.17, 15) is 13.2 Å². The van der Waals surface area contributed by atoms with Crippen molar-refractivity contribution in [2.45, 2.75) is 17.8 Å². The molecule has 0 aliphatic carbocycles. The Balaban J connectivity index is 2.27. The van der Waals surface area contributed by atoms with Gasteiger partial charge in [-0.15, -0.1) is 25.8 Å². The Bertz CT molecular complexity index is 730. The van der Waals surface area contributed by atoms with Gasteiger partial charge in [-0.05, 0) is 29.8 Å². The summed E-state index contributed by atoms with van der Waals surface area (Å²) in [6.45, 7) is 0.262. The van der Waals surface area contributed by atoms with Gasteiger partial charge in [0.1, 0.15) is 5.75 Å². The number of benzene rings is 1. The van der Waals surface area contributed by atoms with Crippen LogP contribution in [0.15, 0.2) is 41.4 Å². The first-order chi connectivity index (χ1) is 10.8. The molecule has 0 atom stereocenters. The van der Waals surface area contributed by atoms with Crippen molar-refractivity contribution in [3.05, 3.63) is 42.1 Å². The van der Waals surface area contributed by atoms with E-state index in [1.54, 1.807) is 12.1 Å². The van der Waals surface area contributed by atoms with E-state index in [0.717, 1.165) is 9.87 Å². The number of ether oxygens (including phenoxy) is 1. The lowest BCUT2D eigenvalue weighted by Crippen LogP contribution is -2.17. The fourth-order valence-corrected chi connectivity index (χ4v) is 2.22. The van der Waals surface area contributed by atoms with Crippen molar-refractivity contribution in [2.75, 3.05) is 0 Å². The van der Waals surface area contributed by atoms with E-state index in [2.05, 4.69) is 35.2 Å². The molecule has 1 aromatic heterocycles. The number of thiol groups is 2. The number of aromatic nitrogens is 1. The SMILES string of the molecule is N#CN(S)Cc1ccc(-c2cc(OC(F)(F)F)ccc2S)nc1. The topological polar surface area (TPSA) is 49.2 Å². The van der Waals surface area contributed by atoms with Gasteiger partial charge in [-0.1, -0.05) is 18.9 Å². The van der Waals surface area contributed by atoms with Crippen LogP contribution >= 0.6 is 25.4 Å². The van der Waals surface area contributed by atoms with Gasteiger partial charge in [0.25, 0.3) is 0 Å². The fraction of sp³-hybridized carbons (Fsp3) is 0.143. The molecule has 0 unspecified atom stereocenters. The van der Waals surface area contributed by atoms with Crippen molar-refractivity contribution >= 4 is 25.4 Å². The Labute approximate surface area is 141 Å². The summed E-state index contributed by atoms with van der Waals surface area (Å²) in [5.74, 6) is -0.345. The van der Waals surface area contributed by atoms with Crippen LogP contribution in [0, 0.1) is 11.5 Å². The van der Waals surface area contributed by atoms with Crippen molar-refractivity contribution in [1.29, 1.82) is 5.26 Å². The van der Waals surface area contributed by atoms with Crippen LogP contribution in [0.3, 0.4) is 0 Å². The fourth-order valence-electron chi connectivity index (χ4n) is 1.80. The van der Waals surface area contributed by atoms with Gasteiger partial charge < -0.3 is 4.74 Å². The van der Waals surface area contributed by atoms with Crippen LogP contribution in [0.25, 0.3) is 11.3 Å². The summed E-state index contributed by atoms with van der Waals surface area (Å²) in [7, 11) is 0. The van der Waals surface area contributed by atoms with E-state index in [1.807, 2.05) is 6.19 Å². The highest BCUT2D eigenvalue weighted by molar-refractivity contribution is 7.80. The molecule has 0 aliphatic rings. The molecule has 0 fully saturated rings. The lowest BCUT2D eigenvalue weighted by Gasteiger charge is -2.12. The Morgan fingerprint density at radius 3 is 2.57 bits per heavy atom. The number of rotatable bonds is 4. The average molecular weight is 357 g/mol. The van der Waals surface area contributed by atoms with E-state index in [1.165, 1.54) is 24.4 Å². The summed E-state index contributed by atoms with van der Waals surface area (Å²) >= 11 is 8.14. The lowest BCUT2D eigenvalue weighted by atomic mass is 10.1. The van der Waals surface area contributed by atoms with Gasteiger partial charge >= 0.3 is 6.36 Å². The Morgan fingerprint density at radius 2 is 2.00 bits per heavy atom. The van der Waals surface area contributed by atoms with Crippen molar-refractivity contribution in [2.24, 2.45) is 0 Å². The maximum Gasteiger partial charge on any atom is 0.573 e. The monoisotopic (exact) mass is 357 g/mol. The zero-order chi connectivity index (χ0) is 17.0. The van der Waals surface area contributed by atoms with Crippen molar-refractivity contribution < 1.29 is 17.9 Å². The second-order valence-corrected chi connectivity index (χ2v) is 5.40.